The van der Waals surface area contributed by atoms with Crippen molar-refractivity contribution in [3.05, 3.63) is 38.3 Å². The van der Waals surface area contributed by atoms with Gasteiger partial charge in [-0.2, -0.15) is 0 Å². The van der Waals surface area contributed by atoms with E-state index in [1.807, 2.05) is 24.3 Å². The summed E-state index contributed by atoms with van der Waals surface area (Å²) < 4.78 is 1.10. The van der Waals surface area contributed by atoms with E-state index in [0.717, 1.165) is 45.1 Å². The fourth-order valence-corrected chi connectivity index (χ4v) is 3.92. The number of rotatable bonds is 3. The molecule has 2 aliphatic rings. The lowest BCUT2D eigenvalue weighted by Crippen LogP contribution is -2.44. The number of hydrogen-bond donors (Lipinski definition) is 0. The Morgan fingerprint density at radius 3 is 2.46 bits per heavy atom. The zero-order chi connectivity index (χ0) is 17.1. The molecule has 0 atom stereocenters. The Morgan fingerprint density at radius 2 is 1.79 bits per heavy atom. The number of benzene rings is 1. The molecule has 0 aromatic heterocycles. The second-order valence-electron chi connectivity index (χ2n) is 5.76. The molecule has 0 radical (unpaired) electrons. The van der Waals surface area contributed by atoms with E-state index in [2.05, 4.69) is 22.6 Å². The Hall–Kier alpha value is -1.35. The maximum Gasteiger partial charge on any atom is 0.294 e. The summed E-state index contributed by atoms with van der Waals surface area (Å²) in [6.45, 7) is 1.27. The summed E-state index contributed by atoms with van der Waals surface area (Å²) in [4.78, 5) is 40.0. The lowest BCUT2D eigenvalue weighted by Gasteiger charge is -2.27. The number of carbonyl (C=O) groups excluding carboxylic acids is 3. The second kappa shape index (κ2) is 7.69. The summed E-state index contributed by atoms with van der Waals surface area (Å²) in [5, 5.41) is -0.373. The molecule has 0 saturated carbocycles. The largest absolute Gasteiger partial charge is 0.341 e. The minimum absolute atomic E-state index is 0.146. The highest BCUT2D eigenvalue weighted by molar-refractivity contribution is 14.1. The number of piperidine rings is 1. The number of imide groups is 1. The second-order valence-corrected chi connectivity index (χ2v) is 8.00. The van der Waals surface area contributed by atoms with Gasteiger partial charge in [-0.3, -0.25) is 19.3 Å². The van der Waals surface area contributed by atoms with E-state index in [1.165, 1.54) is 0 Å². The van der Waals surface area contributed by atoms with Crippen molar-refractivity contribution in [2.24, 2.45) is 0 Å². The molecule has 0 spiro atoms. The number of amides is 3. The van der Waals surface area contributed by atoms with Crippen molar-refractivity contribution in [2.45, 2.75) is 19.3 Å². The van der Waals surface area contributed by atoms with Crippen LogP contribution >= 0.6 is 34.4 Å². The zero-order valence-corrected chi connectivity index (χ0v) is 16.0. The van der Waals surface area contributed by atoms with E-state index in [-0.39, 0.29) is 23.6 Å². The summed E-state index contributed by atoms with van der Waals surface area (Å²) in [5.74, 6) is -0.526. The molecule has 0 N–H and O–H groups in total. The van der Waals surface area contributed by atoms with Crippen LogP contribution in [0.1, 0.15) is 24.8 Å². The average Bonchev–Trinajstić information content (AvgIpc) is 2.85. The molecule has 24 heavy (non-hydrogen) atoms. The molecular formula is C17H17IN2O3S. The predicted molar refractivity (Wildman–Crippen MR) is 102 cm³/mol. The maximum atomic E-state index is 12.4. The SMILES string of the molecule is O=C(CN1C(=O)S/C(=C\c2ccc(I)cc2)C1=O)N1CCCCC1. The van der Waals surface area contributed by atoms with Crippen LogP contribution in [0.3, 0.4) is 0 Å². The highest BCUT2D eigenvalue weighted by atomic mass is 127. The van der Waals surface area contributed by atoms with Crippen molar-refractivity contribution >= 4 is 57.5 Å². The van der Waals surface area contributed by atoms with E-state index in [9.17, 15) is 14.4 Å². The van der Waals surface area contributed by atoms with Crippen LogP contribution in [0.25, 0.3) is 6.08 Å². The van der Waals surface area contributed by atoms with Crippen LogP contribution < -0.4 is 0 Å². The van der Waals surface area contributed by atoms with Crippen LogP contribution in [0.2, 0.25) is 0 Å². The first-order valence-electron chi connectivity index (χ1n) is 7.83. The highest BCUT2D eigenvalue weighted by Gasteiger charge is 2.37. The molecule has 2 heterocycles. The van der Waals surface area contributed by atoms with Gasteiger partial charge in [-0.15, -0.1) is 0 Å². The van der Waals surface area contributed by atoms with Crippen LogP contribution in [0, 0.1) is 3.57 Å². The molecule has 2 fully saturated rings. The Bertz CT molecular complexity index is 696. The van der Waals surface area contributed by atoms with Gasteiger partial charge in [-0.05, 0) is 77.4 Å². The lowest BCUT2D eigenvalue weighted by atomic mass is 10.1. The molecule has 0 unspecified atom stereocenters. The number of likely N-dealkylation sites (tertiary alicyclic amines) is 1. The molecule has 0 bridgehead atoms. The summed E-state index contributed by atoms with van der Waals surface area (Å²) >= 11 is 3.10. The van der Waals surface area contributed by atoms with Gasteiger partial charge in [0.1, 0.15) is 6.54 Å². The molecular weight excluding hydrogens is 439 g/mol. The van der Waals surface area contributed by atoms with E-state index >= 15 is 0 Å². The first-order chi connectivity index (χ1) is 11.5. The quantitative estimate of drug-likeness (QED) is 0.517. The van der Waals surface area contributed by atoms with Crippen LogP contribution in [-0.2, 0) is 9.59 Å². The molecule has 126 valence electrons. The van der Waals surface area contributed by atoms with Crippen molar-refractivity contribution in [1.29, 1.82) is 0 Å². The first-order valence-corrected chi connectivity index (χ1v) is 9.73. The van der Waals surface area contributed by atoms with Crippen molar-refractivity contribution < 1.29 is 14.4 Å². The third kappa shape index (κ3) is 4.00. The number of nitrogens with zero attached hydrogens (tertiary/aromatic N) is 2. The summed E-state index contributed by atoms with van der Waals surface area (Å²) in [6.07, 6.45) is 4.80. The molecule has 3 rings (SSSR count). The number of halogens is 1. The standard InChI is InChI=1S/C17H17IN2O3S/c18-13-6-4-12(5-7-13)10-14-16(22)20(17(23)24-14)11-15(21)19-8-2-1-3-9-19/h4-7,10H,1-3,8-9,11H2/b14-10-. The van der Waals surface area contributed by atoms with E-state index in [4.69, 9.17) is 0 Å². The van der Waals surface area contributed by atoms with Gasteiger partial charge in [0.05, 0.1) is 4.91 Å². The third-order valence-electron chi connectivity index (χ3n) is 4.04. The molecule has 2 aliphatic heterocycles. The van der Waals surface area contributed by atoms with Crippen molar-refractivity contribution in [2.75, 3.05) is 19.6 Å². The van der Waals surface area contributed by atoms with Crippen LogP contribution in [0.15, 0.2) is 29.2 Å². The maximum absolute atomic E-state index is 12.4. The molecule has 7 heteroatoms. The topological polar surface area (TPSA) is 57.7 Å². The summed E-state index contributed by atoms with van der Waals surface area (Å²) in [6, 6.07) is 7.68. The van der Waals surface area contributed by atoms with Gasteiger partial charge >= 0.3 is 0 Å². The Kier molecular flexibility index (Phi) is 5.60. The molecule has 0 aliphatic carbocycles. The minimum atomic E-state index is -0.381. The molecule has 5 nitrogen and oxygen atoms in total. The van der Waals surface area contributed by atoms with E-state index in [1.54, 1.807) is 11.0 Å². The van der Waals surface area contributed by atoms with E-state index in [0.29, 0.717) is 18.0 Å². The third-order valence-corrected chi connectivity index (χ3v) is 5.67. The van der Waals surface area contributed by atoms with Crippen molar-refractivity contribution in [3.8, 4) is 0 Å². The molecule has 1 aromatic carbocycles. The minimum Gasteiger partial charge on any atom is -0.341 e. The van der Waals surface area contributed by atoms with Crippen LogP contribution in [-0.4, -0.2) is 46.5 Å². The number of hydrogen-bond acceptors (Lipinski definition) is 4. The average molecular weight is 456 g/mol. The molecule has 3 amide bonds. The number of thioether (sulfide) groups is 1. The monoisotopic (exact) mass is 456 g/mol. The number of carbonyl (C=O) groups is 3. The van der Waals surface area contributed by atoms with Gasteiger partial charge in [0, 0.05) is 16.7 Å². The lowest BCUT2D eigenvalue weighted by molar-refractivity contribution is -0.136. The van der Waals surface area contributed by atoms with Crippen molar-refractivity contribution in [1.82, 2.24) is 9.80 Å². The van der Waals surface area contributed by atoms with Gasteiger partial charge in [-0.1, -0.05) is 12.1 Å². The van der Waals surface area contributed by atoms with Gasteiger partial charge in [0.2, 0.25) is 5.91 Å². The Labute approximate surface area is 158 Å². The van der Waals surface area contributed by atoms with Crippen molar-refractivity contribution in [3.63, 3.8) is 0 Å². The smallest absolute Gasteiger partial charge is 0.294 e. The normalized spacial score (nSPS) is 20.1. The zero-order valence-electron chi connectivity index (χ0n) is 13.0. The van der Waals surface area contributed by atoms with Gasteiger partial charge in [0.25, 0.3) is 11.1 Å². The Balaban J connectivity index is 1.69. The molecule has 1 aromatic rings. The fourth-order valence-electron chi connectivity index (χ4n) is 2.73. The van der Waals surface area contributed by atoms with Gasteiger partial charge in [0.15, 0.2) is 0 Å². The van der Waals surface area contributed by atoms with E-state index < -0.39 is 0 Å². The first kappa shape index (κ1) is 17.5. The molecule has 2 saturated heterocycles. The van der Waals surface area contributed by atoms with Gasteiger partial charge < -0.3 is 4.90 Å². The van der Waals surface area contributed by atoms with Crippen LogP contribution in [0.5, 0.6) is 0 Å². The fraction of sp³-hybridized carbons (Fsp3) is 0.353. The predicted octanol–water partition coefficient (Wildman–Crippen LogP) is 3.34. The highest BCUT2D eigenvalue weighted by Crippen LogP contribution is 2.32. The summed E-state index contributed by atoms with van der Waals surface area (Å²) in [7, 11) is 0. The Morgan fingerprint density at radius 1 is 1.12 bits per heavy atom. The van der Waals surface area contributed by atoms with Gasteiger partial charge in [-0.25, -0.2) is 0 Å². The summed E-state index contributed by atoms with van der Waals surface area (Å²) in [5.41, 5.74) is 0.864. The van der Waals surface area contributed by atoms with Crippen LogP contribution in [0.4, 0.5) is 4.79 Å².